The Labute approximate surface area is 344 Å². The van der Waals surface area contributed by atoms with Crippen LogP contribution in [0.5, 0.6) is 17.2 Å². The number of imide groups is 1. The SMILES string of the molecule is CCOC(=O)CC(c1ccc2c(c1)CCO2)N(Cc1ccc(OCCN2C(=O)CCC2=O)c(OCC)c1)CC(C)C.O=S(=O)(O)c1cccc2c(S(=O)(=O)O)cccc12. The molecule has 17 heteroatoms. The van der Waals surface area contributed by atoms with Crippen LogP contribution >= 0.6 is 0 Å². The zero-order valence-corrected chi connectivity index (χ0v) is 35.1. The van der Waals surface area contributed by atoms with Gasteiger partial charge in [-0.3, -0.25) is 33.3 Å². The molecule has 0 saturated carbocycles. The normalized spacial score (nSPS) is 14.5. The summed E-state index contributed by atoms with van der Waals surface area (Å²) in [4.78, 5) is 39.4. The summed E-state index contributed by atoms with van der Waals surface area (Å²) in [6, 6.07) is 19.4. The third kappa shape index (κ3) is 11.8. The fourth-order valence-corrected chi connectivity index (χ4v) is 8.53. The highest BCUT2D eigenvalue weighted by molar-refractivity contribution is 7.86. The number of hydrogen-bond acceptors (Lipinski definition) is 12. The second-order valence-corrected chi connectivity index (χ2v) is 17.2. The summed E-state index contributed by atoms with van der Waals surface area (Å²) < 4.78 is 85.7. The van der Waals surface area contributed by atoms with E-state index >= 15 is 0 Å². The third-order valence-corrected chi connectivity index (χ3v) is 11.4. The Balaban J connectivity index is 0.000000305. The number of ether oxygens (including phenoxy) is 4. The van der Waals surface area contributed by atoms with E-state index in [1.54, 1.807) is 0 Å². The van der Waals surface area contributed by atoms with Gasteiger partial charge in [0.05, 0.1) is 32.8 Å². The molecule has 1 fully saturated rings. The standard InChI is InChI=1S/C32H42N2O7.C10H8O6S2/c1-5-38-29-17-23(7-9-28(29)41-16-14-34-30(35)11-12-31(34)36)21-33(20-22(3)4)26(19-32(37)39-6-2)24-8-10-27-25(18-24)13-15-40-27;11-17(12,13)9-5-1-3-7-8(9)4-2-6-10(7)18(14,15)16/h7-10,17-18,22,26H,5-6,11-16,19-21H2,1-4H3;1-6H,(H,11,12,13)(H,14,15,16). The van der Waals surface area contributed by atoms with E-state index in [1.807, 2.05) is 38.1 Å². The number of carbonyl (C=O) groups excluding carboxylic acids is 3. The van der Waals surface area contributed by atoms with Crippen molar-refractivity contribution in [3.8, 4) is 17.2 Å². The number of rotatable bonds is 17. The lowest BCUT2D eigenvalue weighted by molar-refractivity contribution is -0.145. The molecule has 2 N–H and O–H groups in total. The highest BCUT2D eigenvalue weighted by Crippen LogP contribution is 2.35. The lowest BCUT2D eigenvalue weighted by Gasteiger charge is -2.33. The van der Waals surface area contributed by atoms with E-state index in [9.17, 15) is 31.2 Å². The molecule has 0 aromatic heterocycles. The van der Waals surface area contributed by atoms with Crippen LogP contribution in [0.25, 0.3) is 10.8 Å². The molecule has 2 aliphatic rings. The van der Waals surface area contributed by atoms with Gasteiger partial charge in [-0.2, -0.15) is 16.8 Å². The summed E-state index contributed by atoms with van der Waals surface area (Å²) in [5.74, 6) is 1.90. The second kappa shape index (κ2) is 19.8. The molecule has 2 amide bonds. The minimum Gasteiger partial charge on any atom is -0.493 e. The number of nitrogens with zero attached hydrogens (tertiary/aromatic N) is 2. The van der Waals surface area contributed by atoms with E-state index in [0.717, 1.165) is 42.0 Å². The summed E-state index contributed by atoms with van der Waals surface area (Å²) in [5, 5.41) is 0.0465. The maximum atomic E-state index is 12.8. The predicted octanol–water partition coefficient (Wildman–Crippen LogP) is 6.03. The Morgan fingerprint density at radius 3 is 2.03 bits per heavy atom. The van der Waals surface area contributed by atoms with Crippen LogP contribution in [0.1, 0.15) is 69.7 Å². The molecule has 0 aliphatic carbocycles. The molecule has 1 unspecified atom stereocenters. The molecule has 2 heterocycles. The first-order valence-electron chi connectivity index (χ1n) is 19.3. The van der Waals surface area contributed by atoms with Crippen molar-refractivity contribution in [1.82, 2.24) is 9.80 Å². The Morgan fingerprint density at radius 2 is 1.46 bits per heavy atom. The largest absolute Gasteiger partial charge is 0.493 e. The topological polar surface area (TPSA) is 203 Å². The number of hydrogen-bond donors (Lipinski definition) is 2. The fraction of sp³-hybridized carbons (Fsp3) is 0.405. The highest BCUT2D eigenvalue weighted by atomic mass is 32.2. The van der Waals surface area contributed by atoms with Gasteiger partial charge in [0, 0.05) is 49.2 Å². The zero-order chi connectivity index (χ0) is 42.9. The predicted molar refractivity (Wildman–Crippen MR) is 218 cm³/mol. The van der Waals surface area contributed by atoms with Crippen LogP contribution in [0.4, 0.5) is 0 Å². The molecular weight excluding hydrogens is 805 g/mol. The number of benzene rings is 4. The van der Waals surface area contributed by atoms with Crippen molar-refractivity contribution in [3.05, 3.63) is 89.5 Å². The summed E-state index contributed by atoms with van der Waals surface area (Å²) in [6.45, 7) is 11.3. The van der Waals surface area contributed by atoms with Gasteiger partial charge in [0.1, 0.15) is 22.1 Å². The minimum absolute atomic E-state index is 0.0233. The lowest BCUT2D eigenvalue weighted by Crippen LogP contribution is -2.33. The summed E-state index contributed by atoms with van der Waals surface area (Å²) >= 11 is 0. The molecule has 4 aromatic carbocycles. The van der Waals surface area contributed by atoms with Crippen molar-refractivity contribution in [2.24, 2.45) is 5.92 Å². The van der Waals surface area contributed by atoms with Crippen molar-refractivity contribution in [2.75, 3.05) is 39.5 Å². The van der Waals surface area contributed by atoms with Gasteiger partial charge in [-0.05, 0) is 66.8 Å². The van der Waals surface area contributed by atoms with Crippen LogP contribution < -0.4 is 14.2 Å². The van der Waals surface area contributed by atoms with Crippen LogP contribution in [-0.2, 0) is 52.3 Å². The molecule has 0 radical (unpaired) electrons. The molecule has 6 rings (SSSR count). The van der Waals surface area contributed by atoms with Gasteiger partial charge < -0.3 is 18.9 Å². The Morgan fingerprint density at radius 1 is 0.814 bits per heavy atom. The highest BCUT2D eigenvalue weighted by Gasteiger charge is 2.29. The molecule has 4 aromatic rings. The zero-order valence-electron chi connectivity index (χ0n) is 33.5. The number of esters is 1. The molecule has 15 nitrogen and oxygen atoms in total. The van der Waals surface area contributed by atoms with E-state index in [1.165, 1.54) is 34.7 Å². The van der Waals surface area contributed by atoms with Crippen LogP contribution in [-0.4, -0.2) is 93.0 Å². The third-order valence-electron chi connectivity index (χ3n) is 9.62. The van der Waals surface area contributed by atoms with E-state index < -0.39 is 30.0 Å². The van der Waals surface area contributed by atoms with Gasteiger partial charge >= 0.3 is 5.97 Å². The number of carbonyl (C=O) groups is 3. The van der Waals surface area contributed by atoms with E-state index in [4.69, 9.17) is 28.1 Å². The number of likely N-dealkylation sites (tertiary alicyclic amines) is 1. The summed E-state index contributed by atoms with van der Waals surface area (Å²) in [7, 11) is -8.94. The number of fused-ring (bicyclic) bond motifs is 2. The van der Waals surface area contributed by atoms with Gasteiger partial charge in [0.2, 0.25) is 11.8 Å². The molecule has 1 atom stereocenters. The first-order valence-corrected chi connectivity index (χ1v) is 22.2. The Hall–Kier alpha value is -5.07. The average molecular weight is 855 g/mol. The van der Waals surface area contributed by atoms with Crippen LogP contribution in [0.2, 0.25) is 0 Å². The van der Waals surface area contributed by atoms with E-state index in [0.29, 0.717) is 43.8 Å². The number of amides is 2. The van der Waals surface area contributed by atoms with Gasteiger partial charge in [0.15, 0.2) is 11.5 Å². The van der Waals surface area contributed by atoms with Crippen molar-refractivity contribution < 1.29 is 59.3 Å². The van der Waals surface area contributed by atoms with Crippen molar-refractivity contribution in [3.63, 3.8) is 0 Å². The summed E-state index contributed by atoms with van der Waals surface area (Å²) in [6.07, 6.45) is 1.63. The summed E-state index contributed by atoms with van der Waals surface area (Å²) in [5.41, 5.74) is 3.25. The molecule has 0 spiro atoms. The first-order chi connectivity index (χ1) is 28.0. The molecule has 318 valence electrons. The Bertz CT molecular complexity index is 2300. The van der Waals surface area contributed by atoms with E-state index in [-0.39, 0.29) is 67.0 Å². The van der Waals surface area contributed by atoms with Gasteiger partial charge in [0.25, 0.3) is 20.2 Å². The Kier molecular flexibility index (Phi) is 15.1. The second-order valence-electron chi connectivity index (χ2n) is 14.4. The van der Waals surface area contributed by atoms with Crippen molar-refractivity contribution >= 4 is 48.8 Å². The van der Waals surface area contributed by atoms with Crippen LogP contribution in [0.3, 0.4) is 0 Å². The molecule has 0 bridgehead atoms. The monoisotopic (exact) mass is 854 g/mol. The maximum Gasteiger partial charge on any atom is 0.307 e. The lowest BCUT2D eigenvalue weighted by atomic mass is 9.97. The first kappa shape index (κ1) is 45.0. The minimum atomic E-state index is -4.47. The molecule has 2 aliphatic heterocycles. The van der Waals surface area contributed by atoms with Crippen molar-refractivity contribution in [2.45, 2.75) is 75.8 Å². The van der Waals surface area contributed by atoms with E-state index in [2.05, 4.69) is 30.9 Å². The van der Waals surface area contributed by atoms with Gasteiger partial charge in [-0.25, -0.2) is 0 Å². The maximum absolute atomic E-state index is 12.8. The van der Waals surface area contributed by atoms with Gasteiger partial charge in [-0.1, -0.05) is 56.3 Å². The molecule has 59 heavy (non-hydrogen) atoms. The fourth-order valence-electron chi connectivity index (χ4n) is 7.11. The average Bonchev–Trinajstić information content (AvgIpc) is 3.78. The van der Waals surface area contributed by atoms with Gasteiger partial charge in [-0.15, -0.1) is 0 Å². The quantitative estimate of drug-likeness (QED) is 0.0707. The van der Waals surface area contributed by atoms with Crippen molar-refractivity contribution in [1.29, 1.82) is 0 Å². The van der Waals surface area contributed by atoms with Crippen LogP contribution in [0.15, 0.2) is 82.6 Å². The van der Waals surface area contributed by atoms with Crippen LogP contribution in [0, 0.1) is 5.92 Å². The molecular formula is C42H50N2O13S2. The smallest absolute Gasteiger partial charge is 0.307 e. The molecule has 1 saturated heterocycles.